The molecule has 1 aliphatic rings. The van der Waals surface area contributed by atoms with E-state index in [4.69, 9.17) is 0 Å². The molecule has 2 aromatic rings. The van der Waals surface area contributed by atoms with Crippen molar-refractivity contribution < 1.29 is 9.18 Å². The van der Waals surface area contributed by atoms with Gasteiger partial charge in [-0.1, -0.05) is 22.0 Å². The monoisotopic (exact) mass is 348 g/mol. The van der Waals surface area contributed by atoms with E-state index in [1.807, 2.05) is 12.1 Å². The topological polar surface area (TPSA) is 41.1 Å². The smallest absolute Gasteiger partial charge is 0.255 e. The van der Waals surface area contributed by atoms with Crippen molar-refractivity contribution in [3.05, 3.63) is 63.4 Å². The van der Waals surface area contributed by atoms with Gasteiger partial charge in [0, 0.05) is 16.6 Å². The van der Waals surface area contributed by atoms with Gasteiger partial charge in [-0.2, -0.15) is 0 Å². The Bertz CT molecular complexity index is 703. The molecule has 0 unspecified atom stereocenters. The number of fused-ring (bicyclic) bond motifs is 1. The molecule has 21 heavy (non-hydrogen) atoms. The number of hydrogen-bond donors (Lipinski definition) is 2. The molecular weight excluding hydrogens is 335 g/mol. The quantitative estimate of drug-likeness (QED) is 0.872. The van der Waals surface area contributed by atoms with Crippen molar-refractivity contribution in [3.8, 4) is 0 Å². The second-order valence-corrected chi connectivity index (χ2v) is 5.90. The van der Waals surface area contributed by atoms with Gasteiger partial charge in [-0.15, -0.1) is 0 Å². The first-order valence-corrected chi connectivity index (χ1v) is 7.52. The fourth-order valence-corrected chi connectivity index (χ4v) is 2.74. The minimum absolute atomic E-state index is 0.180. The zero-order chi connectivity index (χ0) is 14.8. The van der Waals surface area contributed by atoms with E-state index < -0.39 is 5.82 Å². The van der Waals surface area contributed by atoms with Crippen molar-refractivity contribution >= 4 is 27.5 Å². The normalized spacial score (nSPS) is 13.6. The largest absolute Gasteiger partial charge is 0.319 e. The lowest BCUT2D eigenvalue weighted by molar-refractivity contribution is 0.102. The van der Waals surface area contributed by atoms with E-state index in [0.29, 0.717) is 10.0 Å². The average Bonchev–Trinajstić information content (AvgIpc) is 2.49. The average molecular weight is 349 g/mol. The van der Waals surface area contributed by atoms with Crippen LogP contribution in [-0.2, 0) is 13.0 Å². The van der Waals surface area contributed by atoms with Crippen LogP contribution in [0.5, 0.6) is 0 Å². The Morgan fingerprint density at radius 1 is 1.19 bits per heavy atom. The van der Waals surface area contributed by atoms with Crippen molar-refractivity contribution in [1.29, 1.82) is 0 Å². The van der Waals surface area contributed by atoms with Crippen molar-refractivity contribution in [1.82, 2.24) is 5.32 Å². The lowest BCUT2D eigenvalue weighted by Gasteiger charge is -2.17. The summed E-state index contributed by atoms with van der Waals surface area (Å²) in [6, 6.07) is 10.2. The highest BCUT2D eigenvalue weighted by atomic mass is 79.9. The van der Waals surface area contributed by atoms with Crippen LogP contribution in [0.4, 0.5) is 10.1 Å². The van der Waals surface area contributed by atoms with Crippen LogP contribution in [0.25, 0.3) is 0 Å². The number of rotatable bonds is 2. The summed E-state index contributed by atoms with van der Waals surface area (Å²) in [6.07, 6.45) is 0.971. The third kappa shape index (κ3) is 3.14. The zero-order valence-electron chi connectivity index (χ0n) is 11.2. The number of nitrogens with one attached hydrogen (secondary N) is 2. The molecule has 2 aromatic carbocycles. The fourth-order valence-electron chi connectivity index (χ4n) is 2.41. The first kappa shape index (κ1) is 14.2. The van der Waals surface area contributed by atoms with Crippen molar-refractivity contribution in [3.63, 3.8) is 0 Å². The summed E-state index contributed by atoms with van der Waals surface area (Å²) >= 11 is 3.19. The molecule has 108 valence electrons. The van der Waals surface area contributed by atoms with Gasteiger partial charge in [-0.05, 0) is 54.4 Å². The van der Waals surface area contributed by atoms with E-state index >= 15 is 0 Å². The molecule has 1 aliphatic heterocycles. The molecule has 0 aromatic heterocycles. The highest BCUT2D eigenvalue weighted by molar-refractivity contribution is 9.10. The van der Waals surface area contributed by atoms with Gasteiger partial charge in [0.25, 0.3) is 5.91 Å². The fraction of sp³-hybridized carbons (Fsp3) is 0.188. The van der Waals surface area contributed by atoms with Crippen LogP contribution in [0.2, 0.25) is 0 Å². The first-order chi connectivity index (χ1) is 10.1. The Labute approximate surface area is 130 Å². The van der Waals surface area contributed by atoms with Gasteiger partial charge in [0.05, 0.1) is 5.69 Å². The minimum atomic E-state index is -0.461. The first-order valence-electron chi connectivity index (χ1n) is 6.72. The summed E-state index contributed by atoms with van der Waals surface area (Å²) < 4.78 is 14.4. The standard InChI is InChI=1S/C16H14BrFN2O/c17-13-3-4-15(14(18)8-13)20-16(21)11-2-1-10-5-6-19-9-12(10)7-11/h1-4,7-8,19H,5-6,9H2,(H,20,21). The molecule has 1 amide bonds. The van der Waals surface area contributed by atoms with E-state index in [1.165, 1.54) is 17.7 Å². The summed E-state index contributed by atoms with van der Waals surface area (Å²) in [4.78, 5) is 12.2. The molecule has 1 heterocycles. The Morgan fingerprint density at radius 2 is 2.05 bits per heavy atom. The van der Waals surface area contributed by atoms with Gasteiger partial charge in [-0.25, -0.2) is 4.39 Å². The van der Waals surface area contributed by atoms with Gasteiger partial charge in [0.1, 0.15) is 5.82 Å². The van der Waals surface area contributed by atoms with E-state index in [-0.39, 0.29) is 11.6 Å². The second-order valence-electron chi connectivity index (χ2n) is 4.99. The molecule has 0 atom stereocenters. The lowest BCUT2D eigenvalue weighted by atomic mass is 9.98. The Morgan fingerprint density at radius 3 is 2.86 bits per heavy atom. The molecule has 0 aliphatic carbocycles. The maximum absolute atomic E-state index is 13.7. The number of halogens is 2. The van der Waals surface area contributed by atoms with Crippen molar-refractivity contribution in [2.75, 3.05) is 11.9 Å². The third-order valence-corrected chi connectivity index (χ3v) is 4.03. The molecule has 3 rings (SSSR count). The summed E-state index contributed by atoms with van der Waals surface area (Å²) in [5, 5.41) is 5.88. The Kier molecular flexibility index (Phi) is 4.03. The molecule has 0 fully saturated rings. The second kappa shape index (κ2) is 5.95. The van der Waals surface area contributed by atoms with Crippen LogP contribution < -0.4 is 10.6 Å². The van der Waals surface area contributed by atoms with E-state index in [1.54, 1.807) is 12.1 Å². The highest BCUT2D eigenvalue weighted by Crippen LogP contribution is 2.21. The minimum Gasteiger partial charge on any atom is -0.319 e. The molecule has 0 bridgehead atoms. The number of amides is 1. The number of benzene rings is 2. The van der Waals surface area contributed by atoms with Gasteiger partial charge in [0.15, 0.2) is 0 Å². The molecule has 2 N–H and O–H groups in total. The summed E-state index contributed by atoms with van der Waals surface area (Å²) in [7, 11) is 0. The third-order valence-electron chi connectivity index (χ3n) is 3.53. The van der Waals surface area contributed by atoms with Crippen LogP contribution in [0, 0.1) is 5.82 Å². The molecule has 5 heteroatoms. The maximum Gasteiger partial charge on any atom is 0.255 e. The Balaban J connectivity index is 1.82. The molecule has 0 saturated heterocycles. The van der Waals surface area contributed by atoms with E-state index in [9.17, 15) is 9.18 Å². The summed E-state index contributed by atoms with van der Waals surface area (Å²) in [5.74, 6) is -0.762. The SMILES string of the molecule is O=C(Nc1ccc(Br)cc1F)c1ccc2c(c1)CNCC2. The number of hydrogen-bond acceptors (Lipinski definition) is 2. The van der Waals surface area contributed by atoms with E-state index in [2.05, 4.69) is 26.6 Å². The van der Waals surface area contributed by atoms with Crippen LogP contribution >= 0.6 is 15.9 Å². The molecule has 3 nitrogen and oxygen atoms in total. The molecule has 0 radical (unpaired) electrons. The predicted octanol–water partition coefficient (Wildman–Crippen LogP) is 3.49. The Hall–Kier alpha value is -1.72. The van der Waals surface area contributed by atoms with Gasteiger partial charge in [-0.3, -0.25) is 4.79 Å². The highest BCUT2D eigenvalue weighted by Gasteiger charge is 2.14. The van der Waals surface area contributed by atoms with Gasteiger partial charge in [0.2, 0.25) is 0 Å². The number of carbonyl (C=O) groups is 1. The zero-order valence-corrected chi connectivity index (χ0v) is 12.8. The van der Waals surface area contributed by atoms with Gasteiger partial charge >= 0.3 is 0 Å². The van der Waals surface area contributed by atoms with Crippen LogP contribution in [0.3, 0.4) is 0 Å². The maximum atomic E-state index is 13.7. The molecular formula is C16H14BrFN2O. The van der Waals surface area contributed by atoms with Crippen LogP contribution in [0.1, 0.15) is 21.5 Å². The summed E-state index contributed by atoms with van der Waals surface area (Å²) in [5.41, 5.74) is 3.11. The molecule has 0 saturated carbocycles. The van der Waals surface area contributed by atoms with Gasteiger partial charge < -0.3 is 10.6 Å². The number of carbonyl (C=O) groups excluding carboxylic acids is 1. The van der Waals surface area contributed by atoms with E-state index in [0.717, 1.165) is 25.1 Å². The molecule has 0 spiro atoms. The van der Waals surface area contributed by atoms with Crippen LogP contribution in [0.15, 0.2) is 40.9 Å². The lowest BCUT2D eigenvalue weighted by Crippen LogP contribution is -2.24. The van der Waals surface area contributed by atoms with Crippen molar-refractivity contribution in [2.45, 2.75) is 13.0 Å². The van der Waals surface area contributed by atoms with Crippen LogP contribution in [-0.4, -0.2) is 12.5 Å². The van der Waals surface area contributed by atoms with Crippen molar-refractivity contribution in [2.24, 2.45) is 0 Å². The number of anilines is 1. The predicted molar refractivity (Wildman–Crippen MR) is 83.9 cm³/mol. The summed E-state index contributed by atoms with van der Waals surface area (Å²) in [6.45, 7) is 1.73.